The second kappa shape index (κ2) is 6.60. The number of amides is 1. The Labute approximate surface area is 127 Å². The summed E-state index contributed by atoms with van der Waals surface area (Å²) in [6.45, 7) is 2.96. The maximum absolute atomic E-state index is 12.2. The molecule has 0 radical (unpaired) electrons. The standard InChI is InChI=1S/C14H17ClN4O2/c1-9-5-11(13(21-2)6-10(9)15)18-14(20)12-7-19(4-3-16)8-17-12/h5-8H,3-4,16H2,1-2H3,(H,18,20). The van der Waals surface area contributed by atoms with Crippen LogP contribution in [0.25, 0.3) is 0 Å². The number of hydrogen-bond acceptors (Lipinski definition) is 4. The number of rotatable bonds is 5. The van der Waals surface area contributed by atoms with E-state index in [2.05, 4.69) is 10.3 Å². The molecule has 0 fully saturated rings. The molecule has 0 aliphatic heterocycles. The summed E-state index contributed by atoms with van der Waals surface area (Å²) >= 11 is 6.04. The van der Waals surface area contributed by atoms with Crippen LogP contribution in [0.5, 0.6) is 5.75 Å². The van der Waals surface area contributed by atoms with E-state index >= 15 is 0 Å². The lowest BCUT2D eigenvalue weighted by Crippen LogP contribution is -2.13. The number of nitrogens with zero attached hydrogens (tertiary/aromatic N) is 2. The molecule has 0 unspecified atom stereocenters. The average molecular weight is 309 g/mol. The first-order chi connectivity index (χ1) is 10.0. The number of hydrogen-bond donors (Lipinski definition) is 2. The fourth-order valence-electron chi connectivity index (χ4n) is 1.86. The Bertz CT molecular complexity index is 654. The van der Waals surface area contributed by atoms with Crippen molar-refractivity contribution in [3.8, 4) is 5.75 Å². The zero-order valence-electron chi connectivity index (χ0n) is 11.9. The van der Waals surface area contributed by atoms with Crippen molar-refractivity contribution in [3.63, 3.8) is 0 Å². The molecular weight excluding hydrogens is 292 g/mol. The Morgan fingerprint density at radius 3 is 2.95 bits per heavy atom. The van der Waals surface area contributed by atoms with Crippen molar-refractivity contribution in [1.29, 1.82) is 0 Å². The number of nitrogens with one attached hydrogen (secondary N) is 1. The Kier molecular flexibility index (Phi) is 4.82. The van der Waals surface area contributed by atoms with Crippen LogP contribution in [-0.2, 0) is 6.54 Å². The number of aryl methyl sites for hydroxylation is 1. The zero-order valence-corrected chi connectivity index (χ0v) is 12.6. The minimum absolute atomic E-state index is 0.314. The van der Waals surface area contributed by atoms with E-state index in [4.69, 9.17) is 22.1 Å². The summed E-state index contributed by atoms with van der Waals surface area (Å²) < 4.78 is 6.98. The molecule has 2 rings (SSSR count). The number of aromatic nitrogens is 2. The first-order valence-electron chi connectivity index (χ1n) is 6.42. The molecule has 2 aromatic rings. The maximum Gasteiger partial charge on any atom is 0.275 e. The molecule has 0 saturated carbocycles. The molecule has 7 heteroatoms. The minimum Gasteiger partial charge on any atom is -0.495 e. The van der Waals surface area contributed by atoms with E-state index in [0.717, 1.165) is 5.56 Å². The fourth-order valence-corrected chi connectivity index (χ4v) is 2.02. The second-order valence-corrected chi connectivity index (χ2v) is 4.95. The van der Waals surface area contributed by atoms with Gasteiger partial charge in [-0.2, -0.15) is 0 Å². The molecule has 1 aromatic heterocycles. The third-order valence-corrected chi connectivity index (χ3v) is 3.39. The number of benzene rings is 1. The largest absolute Gasteiger partial charge is 0.495 e. The third-order valence-electron chi connectivity index (χ3n) is 2.98. The van der Waals surface area contributed by atoms with Gasteiger partial charge in [-0.25, -0.2) is 4.98 Å². The Morgan fingerprint density at radius 2 is 2.29 bits per heavy atom. The van der Waals surface area contributed by atoms with Crippen molar-refractivity contribution in [2.75, 3.05) is 19.0 Å². The first-order valence-corrected chi connectivity index (χ1v) is 6.80. The van der Waals surface area contributed by atoms with E-state index in [9.17, 15) is 4.79 Å². The van der Waals surface area contributed by atoms with Crippen LogP contribution in [0.2, 0.25) is 5.02 Å². The molecule has 21 heavy (non-hydrogen) atoms. The summed E-state index contributed by atoms with van der Waals surface area (Å²) in [5, 5.41) is 3.35. The summed E-state index contributed by atoms with van der Waals surface area (Å²) in [5.41, 5.74) is 7.18. The highest BCUT2D eigenvalue weighted by atomic mass is 35.5. The monoisotopic (exact) mass is 308 g/mol. The van der Waals surface area contributed by atoms with Crippen molar-refractivity contribution < 1.29 is 9.53 Å². The SMILES string of the molecule is COc1cc(Cl)c(C)cc1NC(=O)c1cn(CCN)cn1. The number of imidazole rings is 1. The highest BCUT2D eigenvalue weighted by Crippen LogP contribution is 2.31. The van der Waals surface area contributed by atoms with Gasteiger partial charge in [-0.05, 0) is 18.6 Å². The molecule has 112 valence electrons. The number of ether oxygens (including phenoxy) is 1. The van der Waals surface area contributed by atoms with Crippen LogP contribution in [0.1, 0.15) is 16.1 Å². The third kappa shape index (κ3) is 3.53. The van der Waals surface area contributed by atoms with Crippen LogP contribution in [0.3, 0.4) is 0 Å². The van der Waals surface area contributed by atoms with Gasteiger partial charge in [0.05, 0.1) is 19.1 Å². The van der Waals surface area contributed by atoms with Crippen LogP contribution in [-0.4, -0.2) is 29.1 Å². The number of methoxy groups -OCH3 is 1. The van der Waals surface area contributed by atoms with Gasteiger partial charge in [-0.15, -0.1) is 0 Å². The number of carbonyl (C=O) groups is 1. The zero-order chi connectivity index (χ0) is 15.4. The van der Waals surface area contributed by atoms with Crippen molar-refractivity contribution >= 4 is 23.2 Å². The number of carbonyl (C=O) groups excluding carboxylic acids is 1. The van der Waals surface area contributed by atoms with Crippen molar-refractivity contribution in [1.82, 2.24) is 9.55 Å². The summed E-state index contributed by atoms with van der Waals surface area (Å²) in [7, 11) is 1.52. The van der Waals surface area contributed by atoms with Gasteiger partial charge in [-0.3, -0.25) is 4.79 Å². The van der Waals surface area contributed by atoms with Crippen molar-refractivity contribution in [3.05, 3.63) is 40.9 Å². The van der Waals surface area contributed by atoms with Gasteiger partial charge in [0.1, 0.15) is 11.4 Å². The van der Waals surface area contributed by atoms with Gasteiger partial charge in [0.2, 0.25) is 0 Å². The Morgan fingerprint density at radius 1 is 1.52 bits per heavy atom. The number of nitrogens with two attached hydrogens (primary N) is 1. The van der Waals surface area contributed by atoms with Gasteiger partial charge in [0.25, 0.3) is 5.91 Å². The van der Waals surface area contributed by atoms with Crippen molar-refractivity contribution in [2.24, 2.45) is 5.73 Å². The molecule has 3 N–H and O–H groups in total. The Hall–Kier alpha value is -2.05. The summed E-state index contributed by atoms with van der Waals surface area (Å²) in [4.78, 5) is 16.2. The molecule has 6 nitrogen and oxygen atoms in total. The molecule has 0 aliphatic carbocycles. The quantitative estimate of drug-likeness (QED) is 0.886. The number of anilines is 1. The molecule has 0 bridgehead atoms. The van der Waals surface area contributed by atoms with Gasteiger partial charge in [-0.1, -0.05) is 11.6 Å². The average Bonchev–Trinajstić information content (AvgIpc) is 2.91. The maximum atomic E-state index is 12.2. The molecule has 0 saturated heterocycles. The summed E-state index contributed by atoms with van der Waals surface area (Å²) in [5.74, 6) is 0.186. The molecule has 1 aromatic carbocycles. The lowest BCUT2D eigenvalue weighted by atomic mass is 10.2. The van der Waals surface area contributed by atoms with E-state index in [1.165, 1.54) is 7.11 Å². The predicted octanol–water partition coefficient (Wildman–Crippen LogP) is 2.06. The van der Waals surface area contributed by atoms with E-state index in [1.807, 2.05) is 6.92 Å². The van der Waals surface area contributed by atoms with E-state index in [-0.39, 0.29) is 5.91 Å². The smallest absolute Gasteiger partial charge is 0.275 e. The minimum atomic E-state index is -0.314. The Balaban J connectivity index is 2.20. The van der Waals surface area contributed by atoms with Crippen LogP contribution in [0.4, 0.5) is 5.69 Å². The van der Waals surface area contributed by atoms with Gasteiger partial charge < -0.3 is 20.4 Å². The number of halogens is 1. The fraction of sp³-hybridized carbons (Fsp3) is 0.286. The van der Waals surface area contributed by atoms with Gasteiger partial charge in [0.15, 0.2) is 0 Å². The van der Waals surface area contributed by atoms with Crippen molar-refractivity contribution in [2.45, 2.75) is 13.5 Å². The van der Waals surface area contributed by atoms with E-state index < -0.39 is 0 Å². The lowest BCUT2D eigenvalue weighted by Gasteiger charge is -2.11. The normalized spacial score (nSPS) is 10.5. The molecular formula is C14H17ClN4O2. The first kappa shape index (κ1) is 15.3. The molecule has 0 atom stereocenters. The topological polar surface area (TPSA) is 82.2 Å². The van der Waals surface area contributed by atoms with Crippen LogP contribution in [0, 0.1) is 6.92 Å². The van der Waals surface area contributed by atoms with Gasteiger partial charge in [0, 0.05) is 30.4 Å². The molecule has 1 heterocycles. The predicted molar refractivity (Wildman–Crippen MR) is 82.0 cm³/mol. The molecule has 0 aliphatic rings. The highest BCUT2D eigenvalue weighted by molar-refractivity contribution is 6.31. The van der Waals surface area contributed by atoms with Gasteiger partial charge >= 0.3 is 0 Å². The summed E-state index contributed by atoms with van der Waals surface area (Å²) in [6.07, 6.45) is 3.23. The van der Waals surface area contributed by atoms with E-state index in [1.54, 1.807) is 29.2 Å². The summed E-state index contributed by atoms with van der Waals surface area (Å²) in [6, 6.07) is 3.43. The van der Waals surface area contributed by atoms with Crippen LogP contribution in [0.15, 0.2) is 24.7 Å². The second-order valence-electron chi connectivity index (χ2n) is 4.54. The highest BCUT2D eigenvalue weighted by Gasteiger charge is 2.14. The lowest BCUT2D eigenvalue weighted by molar-refractivity contribution is 0.102. The molecule has 1 amide bonds. The molecule has 0 spiro atoms. The van der Waals surface area contributed by atoms with Crippen LogP contribution >= 0.6 is 11.6 Å². The van der Waals surface area contributed by atoms with E-state index in [0.29, 0.717) is 35.2 Å². The van der Waals surface area contributed by atoms with Crippen LogP contribution < -0.4 is 15.8 Å².